The van der Waals surface area contributed by atoms with E-state index in [0.717, 1.165) is 0 Å². The van der Waals surface area contributed by atoms with Crippen LogP contribution >= 0.6 is 12.6 Å². The predicted molar refractivity (Wildman–Crippen MR) is 112 cm³/mol. The number of hydrogen-bond acceptors (Lipinski definition) is 6. The van der Waals surface area contributed by atoms with Crippen molar-refractivity contribution in [3.8, 4) is 0 Å². The Balaban J connectivity index is 4.26. The minimum Gasteiger partial charge on any atom is -0.480 e. The van der Waals surface area contributed by atoms with Crippen LogP contribution in [-0.2, 0) is 19.2 Å². The molecule has 8 N–H and O–H groups in total. The zero-order chi connectivity index (χ0) is 22.4. The third kappa shape index (κ3) is 13.3. The lowest BCUT2D eigenvalue weighted by Crippen LogP contribution is -2.47. The molecule has 0 aliphatic rings. The highest BCUT2D eigenvalue weighted by Gasteiger charge is 2.21. The molecular formula is C17H32N6O5S. The third-order valence-corrected chi connectivity index (χ3v) is 4.28. The van der Waals surface area contributed by atoms with Crippen LogP contribution in [0.3, 0.4) is 0 Å². The third-order valence-electron chi connectivity index (χ3n) is 3.83. The Hall–Kier alpha value is -2.50. The maximum atomic E-state index is 12.0. The van der Waals surface area contributed by atoms with Crippen LogP contribution in [0.5, 0.6) is 0 Å². The van der Waals surface area contributed by atoms with Crippen molar-refractivity contribution in [3.63, 3.8) is 0 Å². The lowest BCUT2D eigenvalue weighted by molar-refractivity contribution is -0.142. The molecule has 0 fully saturated rings. The number of carboxylic acid groups (broad SMARTS) is 1. The summed E-state index contributed by atoms with van der Waals surface area (Å²) in [6, 6.07) is -1.12. The summed E-state index contributed by atoms with van der Waals surface area (Å²) in [6.07, 6.45) is 1.15. The molecule has 1 unspecified atom stereocenters. The van der Waals surface area contributed by atoms with Crippen molar-refractivity contribution in [2.75, 3.05) is 25.4 Å². The number of hydrogen-bond donors (Lipinski definition) is 8. The second-order valence-corrected chi connectivity index (χ2v) is 7.31. The van der Waals surface area contributed by atoms with E-state index in [2.05, 4.69) is 33.9 Å². The number of nitrogens with two attached hydrogens (primary N) is 1. The van der Waals surface area contributed by atoms with Gasteiger partial charge in [-0.25, -0.2) is 4.79 Å². The van der Waals surface area contributed by atoms with Gasteiger partial charge in [0.15, 0.2) is 5.96 Å². The molecule has 2 atom stereocenters. The topological polar surface area (TPSA) is 186 Å². The molecule has 166 valence electrons. The van der Waals surface area contributed by atoms with Gasteiger partial charge in [0.25, 0.3) is 0 Å². The number of guanidine groups is 1. The van der Waals surface area contributed by atoms with Crippen molar-refractivity contribution in [2.45, 2.75) is 39.2 Å². The number of nitrogens with one attached hydrogen (secondary N) is 5. The monoisotopic (exact) mass is 432 g/mol. The number of thiol groups is 1. The van der Waals surface area contributed by atoms with Crippen LogP contribution in [0.25, 0.3) is 0 Å². The van der Waals surface area contributed by atoms with E-state index >= 15 is 0 Å². The molecule has 12 heteroatoms. The Morgan fingerprint density at radius 1 is 1.07 bits per heavy atom. The zero-order valence-corrected chi connectivity index (χ0v) is 17.7. The first kappa shape index (κ1) is 26.5. The molecule has 0 radical (unpaired) electrons. The minimum atomic E-state index is -1.21. The summed E-state index contributed by atoms with van der Waals surface area (Å²) < 4.78 is 0. The van der Waals surface area contributed by atoms with E-state index in [1.807, 2.05) is 13.8 Å². The number of carbonyl (C=O) groups is 4. The fourth-order valence-corrected chi connectivity index (χ4v) is 2.73. The van der Waals surface area contributed by atoms with Gasteiger partial charge in [0.1, 0.15) is 6.04 Å². The second-order valence-electron chi connectivity index (χ2n) is 6.94. The van der Waals surface area contributed by atoms with Crippen molar-refractivity contribution >= 4 is 42.3 Å². The molecular weight excluding hydrogens is 400 g/mol. The van der Waals surface area contributed by atoms with E-state index < -0.39 is 30.4 Å². The van der Waals surface area contributed by atoms with E-state index in [1.165, 1.54) is 0 Å². The van der Waals surface area contributed by atoms with Gasteiger partial charge < -0.3 is 32.1 Å². The fraction of sp³-hybridized carbons (Fsp3) is 0.706. The van der Waals surface area contributed by atoms with Gasteiger partial charge in [-0.2, -0.15) is 12.6 Å². The normalized spacial score (nSPS) is 12.6. The van der Waals surface area contributed by atoms with E-state index in [-0.39, 0.29) is 30.8 Å². The lowest BCUT2D eigenvalue weighted by atomic mass is 9.98. The minimum absolute atomic E-state index is 0.131. The van der Waals surface area contributed by atoms with Crippen molar-refractivity contribution < 1.29 is 24.3 Å². The van der Waals surface area contributed by atoms with Crippen LogP contribution in [0.1, 0.15) is 33.1 Å². The molecule has 0 aromatic rings. The Morgan fingerprint density at radius 3 is 2.21 bits per heavy atom. The molecule has 0 spiro atoms. The number of carbonyl (C=O) groups excluding carboxylic acids is 3. The highest BCUT2D eigenvalue weighted by atomic mass is 32.1. The SMILES string of the molecule is CC(C)CC(CS)C(=O)NCC(=O)NCC(=O)N[C@@H](CCCNC(=N)N)C(=O)O. The maximum Gasteiger partial charge on any atom is 0.326 e. The van der Waals surface area contributed by atoms with Crippen molar-refractivity contribution in [2.24, 2.45) is 17.6 Å². The molecule has 0 aromatic carbocycles. The number of aliphatic carboxylic acids is 1. The predicted octanol–water partition coefficient (Wildman–Crippen LogP) is -1.36. The highest BCUT2D eigenvalue weighted by Crippen LogP contribution is 2.13. The Labute approximate surface area is 175 Å². The summed E-state index contributed by atoms with van der Waals surface area (Å²) in [5.74, 6) is -2.55. The maximum absolute atomic E-state index is 12.0. The van der Waals surface area contributed by atoms with Crippen LogP contribution in [0.15, 0.2) is 0 Å². The molecule has 0 aliphatic heterocycles. The summed E-state index contributed by atoms with van der Waals surface area (Å²) in [6.45, 7) is 3.58. The van der Waals surface area contributed by atoms with Crippen LogP contribution in [0.4, 0.5) is 0 Å². The summed E-state index contributed by atoms with van der Waals surface area (Å²) in [5, 5.41) is 25.8. The van der Waals surface area contributed by atoms with E-state index in [1.54, 1.807) is 0 Å². The van der Waals surface area contributed by atoms with Gasteiger partial charge in [-0.3, -0.25) is 19.8 Å². The molecule has 0 aromatic heterocycles. The van der Waals surface area contributed by atoms with Gasteiger partial charge in [-0.05, 0) is 25.2 Å². The number of amides is 3. The molecule has 29 heavy (non-hydrogen) atoms. The van der Waals surface area contributed by atoms with E-state index in [4.69, 9.17) is 16.2 Å². The van der Waals surface area contributed by atoms with E-state index in [9.17, 15) is 19.2 Å². The highest BCUT2D eigenvalue weighted by molar-refractivity contribution is 7.80. The first-order valence-electron chi connectivity index (χ1n) is 9.32. The van der Waals surface area contributed by atoms with E-state index in [0.29, 0.717) is 31.1 Å². The lowest BCUT2D eigenvalue weighted by Gasteiger charge is -2.17. The van der Waals surface area contributed by atoms with Gasteiger partial charge in [0.05, 0.1) is 13.1 Å². The molecule has 0 saturated heterocycles. The molecule has 0 rings (SSSR count). The Kier molecular flexibility index (Phi) is 13.2. The largest absolute Gasteiger partial charge is 0.480 e. The fourth-order valence-electron chi connectivity index (χ4n) is 2.42. The quantitative estimate of drug-likeness (QED) is 0.0720. The van der Waals surface area contributed by atoms with Gasteiger partial charge in [-0.1, -0.05) is 13.8 Å². The molecule has 0 bridgehead atoms. The smallest absolute Gasteiger partial charge is 0.326 e. The molecule has 0 saturated carbocycles. The second kappa shape index (κ2) is 14.5. The molecule has 0 aliphatic carbocycles. The van der Waals surface area contributed by atoms with Crippen LogP contribution < -0.4 is 27.0 Å². The first-order chi connectivity index (χ1) is 13.6. The van der Waals surface area contributed by atoms with Crippen LogP contribution in [0, 0.1) is 17.2 Å². The summed E-state index contributed by atoms with van der Waals surface area (Å²) in [7, 11) is 0. The zero-order valence-electron chi connectivity index (χ0n) is 16.8. The number of rotatable bonds is 14. The average Bonchev–Trinajstić information content (AvgIpc) is 2.64. The van der Waals surface area contributed by atoms with Crippen LogP contribution in [0.2, 0.25) is 0 Å². The van der Waals surface area contributed by atoms with Crippen molar-refractivity contribution in [1.82, 2.24) is 21.3 Å². The molecule has 3 amide bonds. The molecule has 11 nitrogen and oxygen atoms in total. The average molecular weight is 433 g/mol. The summed E-state index contributed by atoms with van der Waals surface area (Å²) in [4.78, 5) is 46.9. The number of carboxylic acids is 1. The summed E-state index contributed by atoms with van der Waals surface area (Å²) >= 11 is 4.15. The first-order valence-corrected chi connectivity index (χ1v) is 9.95. The standard InChI is InChI=1S/C17H32N6O5S/c1-10(2)6-11(9-29)15(26)22-7-13(24)21-8-14(25)23-12(16(27)28)4-3-5-20-17(18)19/h10-12,29H,3-9H2,1-2H3,(H,21,24)(H,22,26)(H,23,25)(H,27,28)(H4,18,19,20)/t11?,12-/m0/s1. The molecule has 0 heterocycles. The summed E-state index contributed by atoms with van der Waals surface area (Å²) in [5.41, 5.74) is 5.12. The van der Waals surface area contributed by atoms with Gasteiger partial charge >= 0.3 is 5.97 Å². The van der Waals surface area contributed by atoms with Gasteiger partial charge in [-0.15, -0.1) is 0 Å². The Morgan fingerprint density at radius 2 is 1.69 bits per heavy atom. The van der Waals surface area contributed by atoms with Gasteiger partial charge in [0, 0.05) is 18.2 Å². The van der Waals surface area contributed by atoms with Crippen molar-refractivity contribution in [1.29, 1.82) is 5.41 Å². The Bertz CT molecular complexity index is 587. The van der Waals surface area contributed by atoms with Crippen molar-refractivity contribution in [3.05, 3.63) is 0 Å². The van der Waals surface area contributed by atoms with Crippen LogP contribution in [-0.4, -0.2) is 66.2 Å². The van der Waals surface area contributed by atoms with Gasteiger partial charge in [0.2, 0.25) is 17.7 Å².